The number of ether oxygens (including phenoxy) is 4. The molecule has 402 valence electrons. The number of phosphoric ester groups is 1. The molecule has 0 saturated heterocycles. The fourth-order valence-electron chi connectivity index (χ4n) is 7.35. The molecule has 0 bridgehead atoms. The molecular formula is C51H99N2O14P. The van der Waals surface area contributed by atoms with Crippen molar-refractivity contribution < 1.29 is 66.5 Å². The number of nitrogens with one attached hydrogen (secondary N) is 2. The number of esters is 2. The summed E-state index contributed by atoms with van der Waals surface area (Å²) in [4.78, 5) is 69.6. The molecule has 2 amide bonds. The van der Waals surface area contributed by atoms with Gasteiger partial charge in [0.25, 0.3) is 0 Å². The molecule has 0 spiro atoms. The third-order valence-electron chi connectivity index (χ3n) is 11.3. The van der Waals surface area contributed by atoms with Crippen molar-refractivity contribution >= 4 is 37.7 Å². The van der Waals surface area contributed by atoms with Gasteiger partial charge in [-0.15, -0.1) is 0 Å². The van der Waals surface area contributed by atoms with Crippen LogP contribution in [0.2, 0.25) is 0 Å². The summed E-state index contributed by atoms with van der Waals surface area (Å²) in [6.45, 7) is 3.24. The topological polar surface area (TPSA) is 222 Å². The lowest BCUT2D eigenvalue weighted by Crippen LogP contribution is -2.30. The highest BCUT2D eigenvalue weighted by Gasteiger charge is 2.26. The maximum absolute atomic E-state index is 12.8. The smallest absolute Gasteiger partial charge is 0.472 e. The minimum absolute atomic E-state index is 0. The van der Waals surface area contributed by atoms with Crippen molar-refractivity contribution in [3.63, 3.8) is 0 Å². The van der Waals surface area contributed by atoms with Crippen molar-refractivity contribution in [3.8, 4) is 0 Å². The molecule has 68 heavy (non-hydrogen) atoms. The third-order valence-corrected chi connectivity index (χ3v) is 12.3. The average Bonchev–Trinajstić information content (AvgIpc) is 3.30. The molecule has 0 aliphatic rings. The molecule has 17 heteroatoms. The third kappa shape index (κ3) is 51.1. The number of carbonyl (C=O) groups excluding carboxylic acids is 4. The molecule has 0 heterocycles. The van der Waals surface area contributed by atoms with Crippen LogP contribution in [0.3, 0.4) is 0 Å². The summed E-state index contributed by atoms with van der Waals surface area (Å²) in [6, 6.07) is 0. The summed E-state index contributed by atoms with van der Waals surface area (Å²) in [7, 11) is -4.65. The van der Waals surface area contributed by atoms with Crippen LogP contribution >= 0.6 is 7.82 Å². The van der Waals surface area contributed by atoms with E-state index in [0.717, 1.165) is 38.5 Å². The Morgan fingerprint density at radius 3 is 1.35 bits per heavy atom. The average molecular weight is 995 g/mol. The molecule has 16 nitrogen and oxygen atoms in total. The first-order valence-corrected chi connectivity index (χ1v) is 27.9. The molecule has 0 aromatic carbocycles. The first-order valence-electron chi connectivity index (χ1n) is 26.4. The van der Waals surface area contributed by atoms with E-state index in [0.29, 0.717) is 12.8 Å². The molecule has 0 aromatic rings. The van der Waals surface area contributed by atoms with Gasteiger partial charge in [0.15, 0.2) is 6.10 Å². The summed E-state index contributed by atoms with van der Waals surface area (Å²) >= 11 is 0. The molecule has 1 unspecified atom stereocenters. The number of unbranched alkanes of at least 4 members (excludes halogenated alkanes) is 28. The Bertz CT molecular complexity index is 1260. The second kappa shape index (κ2) is 50.6. The van der Waals surface area contributed by atoms with Crippen molar-refractivity contribution in [1.82, 2.24) is 10.6 Å². The predicted octanol–water partition coefficient (Wildman–Crippen LogP) is 12.5. The Balaban J connectivity index is 0. The van der Waals surface area contributed by atoms with Crippen LogP contribution in [-0.4, -0.2) is 98.7 Å². The van der Waals surface area contributed by atoms with Gasteiger partial charge in [0, 0.05) is 32.4 Å². The highest BCUT2D eigenvalue weighted by atomic mass is 31.2. The van der Waals surface area contributed by atoms with Crippen LogP contribution in [0.1, 0.15) is 240 Å². The molecule has 0 saturated carbocycles. The molecule has 0 radical (unpaired) electrons. The van der Waals surface area contributed by atoms with Gasteiger partial charge in [-0.25, -0.2) is 9.36 Å². The molecule has 0 aromatic heterocycles. The second-order valence-corrected chi connectivity index (χ2v) is 19.2. The van der Waals surface area contributed by atoms with Gasteiger partial charge in [0.1, 0.15) is 13.2 Å². The summed E-state index contributed by atoms with van der Waals surface area (Å²) in [5.74, 6) is -2.42. The number of phosphoric acid groups is 1. The zero-order valence-corrected chi connectivity index (χ0v) is 42.9. The number of amides is 2. The number of aliphatic carboxylic acids is 1. The number of hydrogen-bond acceptors (Lipinski definition) is 12. The van der Waals surface area contributed by atoms with Gasteiger partial charge in [-0.3, -0.25) is 28.2 Å². The van der Waals surface area contributed by atoms with Crippen LogP contribution in [0.5, 0.6) is 0 Å². The number of hydrogen-bond donors (Lipinski definition) is 4. The molecule has 0 fully saturated rings. The largest absolute Gasteiger partial charge is 0.481 e. The van der Waals surface area contributed by atoms with E-state index in [2.05, 4.69) is 24.5 Å². The minimum atomic E-state index is -4.65. The van der Waals surface area contributed by atoms with E-state index in [1.807, 2.05) is 0 Å². The molecule has 0 aliphatic carbocycles. The zero-order valence-electron chi connectivity index (χ0n) is 42.0. The SMILES string of the molecule is C.CCCCCCCCCCCCCCCCCC(=O)OC[C@H](COP(=O)(O)OCCNC(=O)OCCOCCNC(=O)CCC(=O)O)OC(=O)CCCCCCCCCCCCCCCCC. The zero-order chi connectivity index (χ0) is 49.3. The maximum Gasteiger partial charge on any atom is 0.472 e. The molecule has 0 rings (SSSR count). The van der Waals surface area contributed by atoms with E-state index in [1.165, 1.54) is 141 Å². The summed E-state index contributed by atoms with van der Waals surface area (Å²) in [6.07, 6.45) is 34.4. The van der Waals surface area contributed by atoms with Gasteiger partial charge in [0.2, 0.25) is 5.91 Å². The van der Waals surface area contributed by atoms with E-state index in [1.54, 1.807) is 0 Å². The summed E-state index contributed by atoms with van der Waals surface area (Å²) < 4.78 is 43.9. The lowest BCUT2D eigenvalue weighted by atomic mass is 10.0. The number of rotatable bonds is 51. The second-order valence-electron chi connectivity index (χ2n) is 17.7. The van der Waals surface area contributed by atoms with Crippen molar-refractivity contribution in [1.29, 1.82) is 0 Å². The Kier molecular flexibility index (Phi) is 50.1. The maximum atomic E-state index is 12.8. The van der Waals surface area contributed by atoms with Crippen molar-refractivity contribution in [2.75, 3.05) is 52.7 Å². The van der Waals surface area contributed by atoms with Crippen LogP contribution in [0, 0.1) is 0 Å². The van der Waals surface area contributed by atoms with E-state index in [4.69, 9.17) is 33.1 Å². The molecule has 4 N–H and O–H groups in total. The number of carboxylic acids is 1. The van der Waals surface area contributed by atoms with Crippen molar-refractivity contribution in [2.24, 2.45) is 0 Å². The van der Waals surface area contributed by atoms with Crippen LogP contribution in [0.15, 0.2) is 0 Å². The molecular weight excluding hydrogens is 896 g/mol. The van der Waals surface area contributed by atoms with Gasteiger partial charge in [-0.1, -0.05) is 201 Å². The Morgan fingerprint density at radius 1 is 0.471 bits per heavy atom. The first-order chi connectivity index (χ1) is 32.5. The van der Waals surface area contributed by atoms with Crippen LogP contribution in [0.4, 0.5) is 4.79 Å². The summed E-state index contributed by atoms with van der Waals surface area (Å²) in [5, 5.41) is 13.5. The molecule has 0 aliphatic heterocycles. The fourth-order valence-corrected chi connectivity index (χ4v) is 8.10. The van der Waals surface area contributed by atoms with Crippen molar-refractivity contribution in [2.45, 2.75) is 246 Å². The van der Waals surface area contributed by atoms with Gasteiger partial charge >= 0.3 is 31.8 Å². The van der Waals surface area contributed by atoms with E-state index in [9.17, 15) is 33.4 Å². The standard InChI is InChI=1S/C50H95N2O14P.CH4/c1-3-5-7-9-11-13-15-17-19-21-23-25-27-29-31-33-48(56)63-43-45(66-49(57)34-32-30-28-26-24-22-20-18-16-14-12-10-8-6-4-2)44-65-67(59,60)64-40-38-52-50(58)62-42-41-61-39-37-51-46(53)35-36-47(54)55;/h45H,3-44H2,1-2H3,(H,51,53)(H,52,58)(H,54,55)(H,59,60);1H4/t45-;/m1./s1. The minimum Gasteiger partial charge on any atom is -0.481 e. The van der Waals surface area contributed by atoms with E-state index in [-0.39, 0.29) is 72.6 Å². The van der Waals surface area contributed by atoms with Crippen LogP contribution < -0.4 is 10.6 Å². The number of alkyl carbamates (subject to hydrolysis) is 1. The predicted molar refractivity (Wildman–Crippen MR) is 268 cm³/mol. The normalized spacial score (nSPS) is 12.4. The highest BCUT2D eigenvalue weighted by molar-refractivity contribution is 7.47. The van der Waals surface area contributed by atoms with E-state index >= 15 is 0 Å². The lowest BCUT2D eigenvalue weighted by Gasteiger charge is -2.20. The Hall–Kier alpha value is -2.78. The fraction of sp³-hybridized carbons (Fsp3) is 0.902. The van der Waals surface area contributed by atoms with Gasteiger partial charge in [-0.05, 0) is 12.8 Å². The number of carbonyl (C=O) groups is 5. The molecule has 2 atom stereocenters. The Labute approximate surface area is 412 Å². The van der Waals surface area contributed by atoms with Gasteiger partial charge in [-0.2, -0.15) is 0 Å². The van der Waals surface area contributed by atoms with Crippen molar-refractivity contribution in [3.05, 3.63) is 0 Å². The van der Waals surface area contributed by atoms with Gasteiger partial charge in [0.05, 0.1) is 32.8 Å². The van der Waals surface area contributed by atoms with Gasteiger partial charge < -0.3 is 39.6 Å². The van der Waals surface area contributed by atoms with E-state index < -0.39 is 57.0 Å². The lowest BCUT2D eigenvalue weighted by molar-refractivity contribution is -0.161. The first kappa shape index (κ1) is 67.3. The quantitative estimate of drug-likeness (QED) is 0.0193. The monoisotopic (exact) mass is 995 g/mol. The van der Waals surface area contributed by atoms with Crippen LogP contribution in [0.25, 0.3) is 0 Å². The number of carboxylic acid groups (broad SMARTS) is 1. The van der Waals surface area contributed by atoms with Crippen LogP contribution in [-0.2, 0) is 51.7 Å². The highest BCUT2D eigenvalue weighted by Crippen LogP contribution is 2.43. The summed E-state index contributed by atoms with van der Waals surface area (Å²) in [5.41, 5.74) is 0. The Morgan fingerprint density at radius 2 is 0.897 bits per heavy atom.